The topological polar surface area (TPSA) is 102 Å². The van der Waals surface area contributed by atoms with E-state index >= 15 is 0 Å². The summed E-state index contributed by atoms with van der Waals surface area (Å²) in [6, 6.07) is 13.1. The highest BCUT2D eigenvalue weighted by molar-refractivity contribution is 7.91. The third-order valence-corrected chi connectivity index (χ3v) is 6.65. The molecule has 8 nitrogen and oxygen atoms in total. The normalized spacial score (nSPS) is 17.2. The van der Waals surface area contributed by atoms with Crippen LogP contribution in [-0.4, -0.2) is 63.4 Å². The van der Waals surface area contributed by atoms with Gasteiger partial charge >= 0.3 is 0 Å². The van der Waals surface area contributed by atoms with Gasteiger partial charge in [-0.2, -0.15) is 0 Å². The van der Waals surface area contributed by atoms with Crippen LogP contribution in [0, 0.1) is 0 Å². The van der Waals surface area contributed by atoms with Crippen LogP contribution in [0.5, 0.6) is 11.5 Å². The average molecular weight is 432 g/mol. The van der Waals surface area contributed by atoms with Crippen molar-refractivity contribution in [2.75, 3.05) is 37.6 Å². The fourth-order valence-corrected chi connectivity index (χ4v) is 4.97. The molecule has 1 unspecified atom stereocenters. The Kier molecular flexibility index (Phi) is 6.61. The molecule has 30 heavy (non-hydrogen) atoms. The Labute approximate surface area is 175 Å². The molecule has 0 spiro atoms. The second-order valence-electron chi connectivity index (χ2n) is 7.07. The lowest BCUT2D eigenvalue weighted by atomic mass is 10.1. The molecular weight excluding hydrogens is 408 g/mol. The van der Waals surface area contributed by atoms with E-state index in [1.54, 1.807) is 62.7 Å². The Morgan fingerprint density at radius 2 is 1.87 bits per heavy atom. The van der Waals surface area contributed by atoms with Crippen molar-refractivity contribution in [2.45, 2.75) is 12.5 Å². The summed E-state index contributed by atoms with van der Waals surface area (Å²) in [6.45, 7) is -0.190. The molecule has 0 radical (unpaired) electrons. The summed E-state index contributed by atoms with van der Waals surface area (Å²) in [7, 11) is 0.0959. The number of methoxy groups -OCH3 is 1. The zero-order valence-corrected chi connectivity index (χ0v) is 17.6. The molecule has 0 aromatic heterocycles. The molecule has 160 valence electrons. The average Bonchev–Trinajstić information content (AvgIpc) is 3.11. The molecule has 0 saturated carbocycles. The van der Waals surface area contributed by atoms with E-state index in [0.717, 1.165) is 0 Å². The van der Waals surface area contributed by atoms with Gasteiger partial charge in [-0.25, -0.2) is 8.42 Å². The third-order valence-electron chi connectivity index (χ3n) is 4.90. The van der Waals surface area contributed by atoms with Crippen LogP contribution < -0.4 is 14.8 Å². The van der Waals surface area contributed by atoms with Crippen molar-refractivity contribution in [3.8, 4) is 11.5 Å². The SMILES string of the molecule is COc1cccc(NC(=O)COc2ccc(C(=O)N(C)C3CCS(=O)(=O)C3)cc2)c1. The quantitative estimate of drug-likeness (QED) is 0.718. The Morgan fingerprint density at radius 3 is 2.50 bits per heavy atom. The monoisotopic (exact) mass is 432 g/mol. The van der Waals surface area contributed by atoms with Gasteiger partial charge in [0.15, 0.2) is 16.4 Å². The first kappa shape index (κ1) is 21.6. The van der Waals surface area contributed by atoms with Gasteiger partial charge in [0.1, 0.15) is 11.5 Å². The standard InChI is InChI=1S/C21H24N2O6S/c1-23(17-10-11-30(26,27)14-17)21(25)15-6-8-18(9-7-15)29-13-20(24)22-16-4-3-5-19(12-16)28-2/h3-9,12,17H,10-11,13-14H2,1-2H3,(H,22,24). The number of ether oxygens (including phenoxy) is 2. The first-order chi connectivity index (χ1) is 14.3. The second kappa shape index (κ2) is 9.17. The first-order valence-corrected chi connectivity index (χ1v) is 11.2. The molecule has 0 aliphatic carbocycles. The van der Waals surface area contributed by atoms with Crippen LogP contribution in [0.1, 0.15) is 16.8 Å². The third kappa shape index (κ3) is 5.50. The highest BCUT2D eigenvalue weighted by Crippen LogP contribution is 2.20. The van der Waals surface area contributed by atoms with Crippen molar-refractivity contribution in [3.63, 3.8) is 0 Å². The number of rotatable bonds is 7. The summed E-state index contributed by atoms with van der Waals surface area (Å²) in [5, 5.41) is 2.72. The van der Waals surface area contributed by atoms with E-state index in [1.807, 2.05) is 0 Å². The van der Waals surface area contributed by atoms with Gasteiger partial charge < -0.3 is 19.7 Å². The Morgan fingerprint density at radius 1 is 1.13 bits per heavy atom. The molecular formula is C21H24N2O6S. The minimum Gasteiger partial charge on any atom is -0.497 e. The van der Waals surface area contributed by atoms with Gasteiger partial charge in [0.25, 0.3) is 11.8 Å². The maximum Gasteiger partial charge on any atom is 0.262 e. The molecule has 3 rings (SSSR count). The molecule has 2 aromatic carbocycles. The van der Waals surface area contributed by atoms with Gasteiger partial charge in [-0.1, -0.05) is 6.07 Å². The lowest BCUT2D eigenvalue weighted by Gasteiger charge is -2.23. The summed E-state index contributed by atoms with van der Waals surface area (Å²) in [5.74, 6) is 0.608. The van der Waals surface area contributed by atoms with E-state index in [0.29, 0.717) is 29.2 Å². The van der Waals surface area contributed by atoms with Crippen LogP contribution in [0.2, 0.25) is 0 Å². The lowest BCUT2D eigenvalue weighted by molar-refractivity contribution is -0.118. The number of carbonyl (C=O) groups is 2. The van der Waals surface area contributed by atoms with E-state index in [9.17, 15) is 18.0 Å². The molecule has 1 aliphatic heterocycles. The fraction of sp³-hybridized carbons (Fsp3) is 0.333. The molecule has 2 amide bonds. The molecule has 1 aliphatic rings. The number of amides is 2. The molecule has 1 saturated heterocycles. The largest absolute Gasteiger partial charge is 0.497 e. The number of carbonyl (C=O) groups excluding carboxylic acids is 2. The van der Waals surface area contributed by atoms with Gasteiger partial charge in [0.2, 0.25) is 0 Å². The van der Waals surface area contributed by atoms with E-state index in [-0.39, 0.29) is 36.0 Å². The van der Waals surface area contributed by atoms with Crippen molar-refractivity contribution in [3.05, 3.63) is 54.1 Å². The minimum atomic E-state index is -3.06. The molecule has 1 N–H and O–H groups in total. The second-order valence-corrected chi connectivity index (χ2v) is 9.29. The summed E-state index contributed by atoms with van der Waals surface area (Å²) in [6.07, 6.45) is 0.453. The lowest BCUT2D eigenvalue weighted by Crippen LogP contribution is -2.37. The van der Waals surface area contributed by atoms with Crippen LogP contribution in [0.3, 0.4) is 0 Å². The smallest absolute Gasteiger partial charge is 0.262 e. The Bertz CT molecular complexity index is 1020. The van der Waals surface area contributed by atoms with Crippen molar-refractivity contribution < 1.29 is 27.5 Å². The molecule has 1 heterocycles. The van der Waals surface area contributed by atoms with Crippen LogP contribution in [-0.2, 0) is 14.6 Å². The summed E-state index contributed by atoms with van der Waals surface area (Å²) in [4.78, 5) is 26.1. The zero-order valence-electron chi connectivity index (χ0n) is 16.8. The van der Waals surface area contributed by atoms with Crippen molar-refractivity contribution in [1.82, 2.24) is 4.90 Å². The Balaban J connectivity index is 1.52. The number of benzene rings is 2. The van der Waals surface area contributed by atoms with Gasteiger partial charge in [-0.05, 0) is 42.8 Å². The minimum absolute atomic E-state index is 0.00116. The molecule has 1 atom stereocenters. The summed E-state index contributed by atoms with van der Waals surface area (Å²) >= 11 is 0. The van der Waals surface area contributed by atoms with E-state index in [2.05, 4.69) is 5.32 Å². The maximum absolute atomic E-state index is 12.6. The maximum atomic E-state index is 12.6. The van der Waals surface area contributed by atoms with Crippen LogP contribution in [0.25, 0.3) is 0 Å². The molecule has 0 bridgehead atoms. The number of sulfone groups is 1. The van der Waals surface area contributed by atoms with E-state index < -0.39 is 9.84 Å². The van der Waals surface area contributed by atoms with E-state index in [4.69, 9.17) is 9.47 Å². The molecule has 9 heteroatoms. The Hall–Kier alpha value is -3.07. The number of nitrogens with one attached hydrogen (secondary N) is 1. The predicted octanol–water partition coefficient (Wildman–Crippen LogP) is 1.97. The van der Waals surface area contributed by atoms with Gasteiger partial charge in [0, 0.05) is 30.4 Å². The van der Waals surface area contributed by atoms with Crippen molar-refractivity contribution in [2.24, 2.45) is 0 Å². The van der Waals surface area contributed by atoms with Crippen LogP contribution >= 0.6 is 0 Å². The van der Waals surface area contributed by atoms with Gasteiger partial charge in [0.05, 0.1) is 18.6 Å². The van der Waals surface area contributed by atoms with Crippen LogP contribution in [0.4, 0.5) is 5.69 Å². The summed E-state index contributed by atoms with van der Waals surface area (Å²) in [5.41, 5.74) is 1.02. The number of nitrogens with zero attached hydrogens (tertiary/aromatic N) is 1. The molecule has 2 aromatic rings. The predicted molar refractivity (Wildman–Crippen MR) is 113 cm³/mol. The zero-order chi connectivity index (χ0) is 21.7. The molecule has 1 fully saturated rings. The van der Waals surface area contributed by atoms with Gasteiger partial charge in [-0.3, -0.25) is 9.59 Å². The summed E-state index contributed by atoms with van der Waals surface area (Å²) < 4.78 is 33.8. The van der Waals surface area contributed by atoms with Crippen molar-refractivity contribution in [1.29, 1.82) is 0 Å². The van der Waals surface area contributed by atoms with E-state index in [1.165, 1.54) is 4.90 Å². The first-order valence-electron chi connectivity index (χ1n) is 9.42. The fourth-order valence-electron chi connectivity index (χ4n) is 3.19. The number of hydrogen-bond acceptors (Lipinski definition) is 6. The number of anilines is 1. The highest BCUT2D eigenvalue weighted by atomic mass is 32.2. The highest BCUT2D eigenvalue weighted by Gasteiger charge is 2.33. The number of hydrogen-bond donors (Lipinski definition) is 1. The van der Waals surface area contributed by atoms with Gasteiger partial charge in [-0.15, -0.1) is 0 Å². The van der Waals surface area contributed by atoms with Crippen LogP contribution in [0.15, 0.2) is 48.5 Å². The van der Waals surface area contributed by atoms with Crippen molar-refractivity contribution >= 4 is 27.3 Å².